The summed E-state index contributed by atoms with van der Waals surface area (Å²) in [5, 5.41) is 3.25. The highest BCUT2D eigenvalue weighted by Gasteiger charge is 2.13. The summed E-state index contributed by atoms with van der Waals surface area (Å²) in [4.78, 5) is 0. The van der Waals surface area contributed by atoms with Gasteiger partial charge in [-0.3, -0.25) is 0 Å². The summed E-state index contributed by atoms with van der Waals surface area (Å²) < 4.78 is 1.16. The lowest BCUT2D eigenvalue weighted by Crippen LogP contribution is -2.09. The van der Waals surface area contributed by atoms with Crippen LogP contribution in [-0.2, 0) is 12.8 Å². The Labute approximate surface area is 158 Å². The van der Waals surface area contributed by atoms with Crippen LogP contribution in [0.1, 0.15) is 37.5 Å². The fraction of sp³-hybridized carbons (Fsp3) is 0.273. The van der Waals surface area contributed by atoms with Gasteiger partial charge in [0.05, 0.1) is 0 Å². The van der Waals surface area contributed by atoms with Crippen molar-refractivity contribution in [1.82, 2.24) is 0 Å². The van der Waals surface area contributed by atoms with E-state index in [1.165, 1.54) is 27.5 Å². The molecule has 0 aliphatic heterocycles. The Kier molecular flexibility index (Phi) is 5.03. The summed E-state index contributed by atoms with van der Waals surface area (Å²) in [6.45, 7) is 6.80. The summed E-state index contributed by atoms with van der Waals surface area (Å²) in [6, 6.07) is 19.3. The first-order chi connectivity index (χ1) is 11.3. The van der Waals surface area contributed by atoms with Crippen molar-refractivity contribution in [3.63, 3.8) is 0 Å². The van der Waals surface area contributed by atoms with Crippen LogP contribution in [0.15, 0.2) is 59.1 Å². The monoisotopic (exact) mass is 400 g/mol. The van der Waals surface area contributed by atoms with Gasteiger partial charge in [0.1, 0.15) is 0 Å². The molecule has 0 saturated heterocycles. The molecule has 0 aliphatic carbocycles. The Morgan fingerprint density at radius 3 is 2.17 bits per heavy atom. The van der Waals surface area contributed by atoms with E-state index in [-0.39, 0.29) is 0 Å². The molecule has 3 aromatic carbocycles. The molecule has 124 valence electrons. The third kappa shape index (κ3) is 4.20. The second kappa shape index (κ2) is 6.90. The molecule has 0 saturated carbocycles. The molecule has 0 spiro atoms. The van der Waals surface area contributed by atoms with Gasteiger partial charge in [-0.1, -0.05) is 84.7 Å². The highest BCUT2D eigenvalue weighted by Crippen LogP contribution is 2.30. The zero-order chi connectivity index (χ0) is 17.3. The van der Waals surface area contributed by atoms with Crippen molar-refractivity contribution in [1.29, 1.82) is 0 Å². The van der Waals surface area contributed by atoms with Crippen molar-refractivity contribution >= 4 is 38.3 Å². The maximum atomic E-state index is 6.51. The van der Waals surface area contributed by atoms with Crippen LogP contribution >= 0.6 is 27.5 Å². The first-order valence-corrected chi connectivity index (χ1v) is 9.43. The molecular formula is C22H22BrCl. The Hall–Kier alpha value is -1.31. The van der Waals surface area contributed by atoms with Gasteiger partial charge in [-0.2, -0.15) is 0 Å². The summed E-state index contributed by atoms with van der Waals surface area (Å²) in [5.41, 5.74) is 4.09. The molecule has 2 heteroatoms. The summed E-state index contributed by atoms with van der Waals surface area (Å²) in [6.07, 6.45) is 1.91. The topological polar surface area (TPSA) is 0 Å². The second-order valence-electron chi connectivity index (χ2n) is 7.63. The van der Waals surface area contributed by atoms with Crippen LogP contribution in [0.5, 0.6) is 0 Å². The minimum atomic E-state index is 0.294. The quantitative estimate of drug-likeness (QED) is 0.428. The van der Waals surface area contributed by atoms with Gasteiger partial charge in [0.2, 0.25) is 0 Å². The Balaban J connectivity index is 1.90. The van der Waals surface area contributed by atoms with E-state index >= 15 is 0 Å². The van der Waals surface area contributed by atoms with E-state index in [0.717, 1.165) is 22.3 Å². The number of hydrogen-bond donors (Lipinski definition) is 0. The molecule has 0 aliphatic rings. The van der Waals surface area contributed by atoms with Gasteiger partial charge in [-0.15, -0.1) is 0 Å². The third-order valence-corrected chi connectivity index (χ3v) is 5.24. The molecule has 0 fully saturated rings. The average molecular weight is 402 g/mol. The van der Waals surface area contributed by atoms with E-state index in [9.17, 15) is 0 Å². The number of rotatable bonds is 3. The molecule has 0 atom stereocenters. The molecule has 0 heterocycles. The Morgan fingerprint density at radius 2 is 1.54 bits per heavy atom. The molecule has 0 radical (unpaired) electrons. The predicted octanol–water partition coefficient (Wildman–Crippen LogP) is 7.44. The predicted molar refractivity (Wildman–Crippen MR) is 109 cm³/mol. The molecule has 0 bridgehead atoms. The minimum absolute atomic E-state index is 0.294. The maximum absolute atomic E-state index is 6.51. The van der Waals surface area contributed by atoms with Crippen molar-refractivity contribution in [2.24, 2.45) is 5.41 Å². The zero-order valence-corrected chi connectivity index (χ0v) is 16.7. The van der Waals surface area contributed by atoms with Gasteiger partial charge >= 0.3 is 0 Å². The van der Waals surface area contributed by atoms with Crippen LogP contribution < -0.4 is 0 Å². The van der Waals surface area contributed by atoms with Crippen LogP contribution in [0, 0.1) is 5.41 Å². The van der Waals surface area contributed by atoms with Crippen molar-refractivity contribution < 1.29 is 0 Å². The molecule has 24 heavy (non-hydrogen) atoms. The van der Waals surface area contributed by atoms with Gasteiger partial charge < -0.3 is 0 Å². The van der Waals surface area contributed by atoms with Crippen LogP contribution in [0.4, 0.5) is 0 Å². The van der Waals surface area contributed by atoms with Gasteiger partial charge in [0, 0.05) is 15.9 Å². The minimum Gasteiger partial charge on any atom is -0.0840 e. The number of fused-ring (bicyclic) bond motifs is 1. The van der Waals surface area contributed by atoms with Gasteiger partial charge in [-0.25, -0.2) is 0 Å². The summed E-state index contributed by atoms with van der Waals surface area (Å²) >= 11 is 10.3. The van der Waals surface area contributed by atoms with Crippen LogP contribution in [0.2, 0.25) is 5.02 Å². The number of benzene rings is 3. The normalized spacial score (nSPS) is 11.9. The van der Waals surface area contributed by atoms with Crippen LogP contribution in [-0.4, -0.2) is 0 Å². The van der Waals surface area contributed by atoms with E-state index < -0.39 is 0 Å². The standard InChI is InChI=1S/C22H22BrCl/c1-22(2,3)14-15-8-9-18(20(23)10-15)12-19-11-16-6-4-5-7-17(16)13-21(19)24/h4-11,13H,12,14H2,1-3H3. The Bertz CT molecular complexity index is 875. The van der Waals surface area contributed by atoms with E-state index in [1.54, 1.807) is 0 Å². The summed E-state index contributed by atoms with van der Waals surface area (Å²) in [7, 11) is 0. The largest absolute Gasteiger partial charge is 0.0840 e. The van der Waals surface area contributed by atoms with Gasteiger partial charge in [-0.05, 0) is 57.5 Å². The first-order valence-electron chi connectivity index (χ1n) is 8.26. The van der Waals surface area contributed by atoms with Crippen LogP contribution in [0.3, 0.4) is 0 Å². The molecule has 3 aromatic rings. The summed E-state index contributed by atoms with van der Waals surface area (Å²) in [5.74, 6) is 0. The lowest BCUT2D eigenvalue weighted by Gasteiger charge is -2.19. The van der Waals surface area contributed by atoms with Crippen molar-refractivity contribution in [2.45, 2.75) is 33.6 Å². The van der Waals surface area contributed by atoms with Crippen LogP contribution in [0.25, 0.3) is 10.8 Å². The molecule has 0 aromatic heterocycles. The number of halogens is 2. The van der Waals surface area contributed by atoms with Crippen molar-refractivity contribution in [3.05, 3.63) is 80.8 Å². The van der Waals surface area contributed by atoms with E-state index in [1.807, 2.05) is 6.07 Å². The Morgan fingerprint density at radius 1 is 0.875 bits per heavy atom. The van der Waals surface area contributed by atoms with Crippen molar-refractivity contribution in [3.8, 4) is 0 Å². The molecular weight excluding hydrogens is 380 g/mol. The molecule has 0 N–H and O–H groups in total. The SMILES string of the molecule is CC(C)(C)Cc1ccc(Cc2cc3ccccc3cc2Cl)c(Br)c1. The molecule has 3 rings (SSSR count). The van der Waals surface area contributed by atoms with Gasteiger partial charge in [0.25, 0.3) is 0 Å². The lowest BCUT2D eigenvalue weighted by atomic mass is 9.87. The van der Waals surface area contributed by atoms with E-state index in [4.69, 9.17) is 11.6 Å². The smallest absolute Gasteiger partial charge is 0.0447 e. The van der Waals surface area contributed by atoms with Crippen molar-refractivity contribution in [2.75, 3.05) is 0 Å². The highest BCUT2D eigenvalue weighted by molar-refractivity contribution is 9.10. The second-order valence-corrected chi connectivity index (χ2v) is 8.89. The lowest BCUT2D eigenvalue weighted by molar-refractivity contribution is 0.411. The molecule has 0 unspecified atom stereocenters. The fourth-order valence-corrected chi connectivity index (χ4v) is 3.86. The molecule has 0 amide bonds. The number of hydrogen-bond acceptors (Lipinski definition) is 0. The maximum Gasteiger partial charge on any atom is 0.0447 e. The van der Waals surface area contributed by atoms with Gasteiger partial charge in [0.15, 0.2) is 0 Å². The van der Waals surface area contributed by atoms with E-state index in [0.29, 0.717) is 5.41 Å². The fourth-order valence-electron chi connectivity index (χ4n) is 3.06. The zero-order valence-electron chi connectivity index (χ0n) is 14.4. The average Bonchev–Trinajstić information content (AvgIpc) is 2.49. The first kappa shape index (κ1) is 17.5. The van der Waals surface area contributed by atoms with E-state index in [2.05, 4.69) is 85.2 Å². The third-order valence-electron chi connectivity index (χ3n) is 4.15. The highest BCUT2D eigenvalue weighted by atomic mass is 79.9. The molecule has 0 nitrogen and oxygen atoms in total.